The van der Waals surface area contributed by atoms with Crippen molar-refractivity contribution in [3.8, 4) is 0 Å². The van der Waals surface area contributed by atoms with Gasteiger partial charge in [0.2, 0.25) is 0 Å². The van der Waals surface area contributed by atoms with Gasteiger partial charge in [-0.05, 0) is 24.6 Å². The molecule has 1 unspecified atom stereocenters. The van der Waals surface area contributed by atoms with Crippen molar-refractivity contribution in [1.82, 2.24) is 5.48 Å². The van der Waals surface area contributed by atoms with Crippen molar-refractivity contribution in [2.75, 3.05) is 20.3 Å². The summed E-state index contributed by atoms with van der Waals surface area (Å²) in [5, 5.41) is 0. The monoisotopic (exact) mass is 231 g/mol. The molecule has 0 amide bonds. The first-order chi connectivity index (χ1) is 7.63. The van der Waals surface area contributed by atoms with Gasteiger partial charge in [-0.25, -0.2) is 8.78 Å². The molecule has 1 aromatic carbocycles. The first kappa shape index (κ1) is 13.0. The zero-order valence-corrected chi connectivity index (χ0v) is 9.30. The third-order valence-electron chi connectivity index (χ3n) is 2.03. The lowest BCUT2D eigenvalue weighted by Crippen LogP contribution is -2.21. The van der Waals surface area contributed by atoms with Crippen molar-refractivity contribution >= 4 is 0 Å². The highest BCUT2D eigenvalue weighted by molar-refractivity contribution is 5.20. The van der Waals surface area contributed by atoms with Crippen molar-refractivity contribution in [3.63, 3.8) is 0 Å². The highest BCUT2D eigenvalue weighted by Gasteiger charge is 2.08. The Balaban J connectivity index is 2.48. The maximum atomic E-state index is 12.9. The Morgan fingerprint density at radius 1 is 1.19 bits per heavy atom. The lowest BCUT2D eigenvalue weighted by Gasteiger charge is -2.14. The Kier molecular flexibility index (Phi) is 5.31. The van der Waals surface area contributed by atoms with E-state index < -0.39 is 11.6 Å². The molecule has 1 rings (SSSR count). The number of ether oxygens (including phenoxy) is 1. The zero-order valence-electron chi connectivity index (χ0n) is 9.30. The SMILES string of the molecule is COCCONC(C)c1cc(F)cc(F)c1. The Morgan fingerprint density at radius 2 is 1.81 bits per heavy atom. The van der Waals surface area contributed by atoms with Crippen LogP contribution in [0.5, 0.6) is 0 Å². The van der Waals surface area contributed by atoms with Crippen LogP contribution in [-0.4, -0.2) is 20.3 Å². The van der Waals surface area contributed by atoms with E-state index in [9.17, 15) is 8.78 Å². The third-order valence-corrected chi connectivity index (χ3v) is 2.03. The van der Waals surface area contributed by atoms with Gasteiger partial charge in [0.05, 0.1) is 19.3 Å². The molecule has 0 bridgehead atoms. The molecule has 0 fully saturated rings. The molecule has 0 saturated carbocycles. The normalized spacial score (nSPS) is 12.8. The van der Waals surface area contributed by atoms with Gasteiger partial charge in [-0.2, -0.15) is 5.48 Å². The molecule has 0 radical (unpaired) electrons. The number of halogens is 2. The zero-order chi connectivity index (χ0) is 12.0. The largest absolute Gasteiger partial charge is 0.382 e. The quantitative estimate of drug-likeness (QED) is 0.601. The lowest BCUT2D eigenvalue weighted by molar-refractivity contribution is -0.00932. The number of nitrogens with one attached hydrogen (secondary N) is 1. The first-order valence-corrected chi connectivity index (χ1v) is 4.95. The van der Waals surface area contributed by atoms with Crippen molar-refractivity contribution in [2.24, 2.45) is 0 Å². The van der Waals surface area contributed by atoms with Crippen LogP contribution in [-0.2, 0) is 9.57 Å². The Hall–Kier alpha value is -1.04. The van der Waals surface area contributed by atoms with Crippen LogP contribution < -0.4 is 5.48 Å². The summed E-state index contributed by atoms with van der Waals surface area (Å²) in [4.78, 5) is 5.05. The molecule has 90 valence electrons. The van der Waals surface area contributed by atoms with Crippen molar-refractivity contribution in [3.05, 3.63) is 35.4 Å². The van der Waals surface area contributed by atoms with Crippen LogP contribution >= 0.6 is 0 Å². The Labute approximate surface area is 93.3 Å². The van der Waals surface area contributed by atoms with E-state index in [4.69, 9.17) is 9.57 Å². The molecule has 0 spiro atoms. The van der Waals surface area contributed by atoms with Crippen LogP contribution in [0.25, 0.3) is 0 Å². The minimum Gasteiger partial charge on any atom is -0.382 e. The second kappa shape index (κ2) is 6.52. The van der Waals surface area contributed by atoms with Gasteiger partial charge in [-0.15, -0.1) is 0 Å². The minimum absolute atomic E-state index is 0.290. The molecule has 1 aromatic rings. The predicted molar refractivity (Wildman–Crippen MR) is 55.7 cm³/mol. The van der Waals surface area contributed by atoms with Gasteiger partial charge in [0.25, 0.3) is 0 Å². The van der Waals surface area contributed by atoms with Gasteiger partial charge in [0.15, 0.2) is 0 Å². The summed E-state index contributed by atoms with van der Waals surface area (Å²) in [6.45, 7) is 2.58. The number of hydrogen-bond donors (Lipinski definition) is 1. The van der Waals surface area contributed by atoms with Crippen molar-refractivity contribution in [1.29, 1.82) is 0 Å². The van der Waals surface area contributed by atoms with Gasteiger partial charge in [0, 0.05) is 13.2 Å². The average Bonchev–Trinajstić information content (AvgIpc) is 2.22. The van der Waals surface area contributed by atoms with Crippen LogP contribution in [0.15, 0.2) is 18.2 Å². The van der Waals surface area contributed by atoms with Crippen LogP contribution in [0.1, 0.15) is 18.5 Å². The second-order valence-corrected chi connectivity index (χ2v) is 3.38. The molecule has 0 aliphatic rings. The molecule has 16 heavy (non-hydrogen) atoms. The Morgan fingerprint density at radius 3 is 2.38 bits per heavy atom. The number of benzene rings is 1. The molecule has 3 nitrogen and oxygen atoms in total. The van der Waals surface area contributed by atoms with Gasteiger partial charge in [0.1, 0.15) is 11.6 Å². The summed E-state index contributed by atoms with van der Waals surface area (Å²) in [6, 6.07) is 3.07. The fourth-order valence-electron chi connectivity index (χ4n) is 1.20. The molecule has 5 heteroatoms. The van der Waals surface area contributed by atoms with E-state index in [1.54, 1.807) is 14.0 Å². The van der Waals surface area contributed by atoms with E-state index in [-0.39, 0.29) is 6.04 Å². The molecule has 1 atom stereocenters. The number of rotatable bonds is 6. The summed E-state index contributed by atoms with van der Waals surface area (Å²) in [6.07, 6.45) is 0. The Bertz CT molecular complexity index is 314. The smallest absolute Gasteiger partial charge is 0.126 e. The van der Waals surface area contributed by atoms with Gasteiger partial charge in [-0.3, -0.25) is 4.84 Å². The second-order valence-electron chi connectivity index (χ2n) is 3.38. The van der Waals surface area contributed by atoms with Gasteiger partial charge in [-0.1, -0.05) is 0 Å². The summed E-state index contributed by atoms with van der Waals surface area (Å²) in [7, 11) is 1.56. The van der Waals surface area contributed by atoms with E-state index >= 15 is 0 Å². The summed E-state index contributed by atoms with van der Waals surface area (Å²) >= 11 is 0. The molecule has 0 aromatic heterocycles. The van der Waals surface area contributed by atoms with E-state index in [1.165, 1.54) is 12.1 Å². The van der Waals surface area contributed by atoms with E-state index in [2.05, 4.69) is 5.48 Å². The standard InChI is InChI=1S/C11H15F2NO2/c1-8(14-16-4-3-15-2)9-5-10(12)7-11(13)6-9/h5-8,14H,3-4H2,1-2H3. The topological polar surface area (TPSA) is 30.5 Å². The highest BCUT2D eigenvalue weighted by atomic mass is 19.1. The molecular weight excluding hydrogens is 216 g/mol. The van der Waals surface area contributed by atoms with Crippen LogP contribution in [0.2, 0.25) is 0 Å². The number of hydrogen-bond acceptors (Lipinski definition) is 3. The summed E-state index contributed by atoms with van der Waals surface area (Å²) in [5.41, 5.74) is 3.17. The highest BCUT2D eigenvalue weighted by Crippen LogP contribution is 2.15. The van der Waals surface area contributed by atoms with Crippen LogP contribution in [0.4, 0.5) is 8.78 Å². The fourth-order valence-corrected chi connectivity index (χ4v) is 1.20. The van der Waals surface area contributed by atoms with E-state index in [1.807, 2.05) is 0 Å². The predicted octanol–water partition coefficient (Wildman–Crippen LogP) is 2.19. The van der Waals surface area contributed by atoms with E-state index in [0.717, 1.165) is 6.07 Å². The maximum Gasteiger partial charge on any atom is 0.126 e. The van der Waals surface area contributed by atoms with Gasteiger partial charge < -0.3 is 4.74 Å². The molecule has 0 aliphatic carbocycles. The van der Waals surface area contributed by atoms with Crippen molar-refractivity contribution in [2.45, 2.75) is 13.0 Å². The van der Waals surface area contributed by atoms with E-state index in [0.29, 0.717) is 18.8 Å². The van der Waals surface area contributed by atoms with Crippen LogP contribution in [0, 0.1) is 11.6 Å². The number of methoxy groups -OCH3 is 1. The molecule has 1 N–H and O–H groups in total. The van der Waals surface area contributed by atoms with Gasteiger partial charge >= 0.3 is 0 Å². The fraction of sp³-hybridized carbons (Fsp3) is 0.455. The minimum atomic E-state index is -0.597. The lowest BCUT2D eigenvalue weighted by atomic mass is 10.1. The third kappa shape index (κ3) is 4.22. The summed E-state index contributed by atoms with van der Waals surface area (Å²) in [5.74, 6) is -1.19. The number of hydroxylamine groups is 1. The molecule has 0 aliphatic heterocycles. The molecule has 0 heterocycles. The summed E-state index contributed by atoms with van der Waals surface area (Å²) < 4.78 is 30.6. The van der Waals surface area contributed by atoms with Crippen molar-refractivity contribution < 1.29 is 18.4 Å². The maximum absolute atomic E-state index is 12.9. The first-order valence-electron chi connectivity index (χ1n) is 4.95. The molecular formula is C11H15F2NO2. The average molecular weight is 231 g/mol. The molecule has 0 saturated heterocycles. The van der Waals surface area contributed by atoms with Crippen LogP contribution in [0.3, 0.4) is 0 Å².